The van der Waals surface area contributed by atoms with Gasteiger partial charge in [0, 0.05) is 59.6 Å². The monoisotopic (exact) mass is 658 g/mol. The Morgan fingerprint density at radius 3 is 2.12 bits per heavy atom. The molecule has 50 heavy (non-hydrogen) atoms. The molecule has 0 fully saturated rings. The van der Waals surface area contributed by atoms with E-state index in [2.05, 4.69) is 138 Å². The van der Waals surface area contributed by atoms with Gasteiger partial charge in [-0.15, -0.1) is 11.3 Å². The summed E-state index contributed by atoms with van der Waals surface area (Å²) in [4.78, 5) is 7.25. The summed E-state index contributed by atoms with van der Waals surface area (Å²) in [7, 11) is 0. The Labute approximate surface area is 290 Å². The summed E-state index contributed by atoms with van der Waals surface area (Å²) in [5.74, 6) is 0.586. The maximum atomic E-state index is 6.58. The molecule has 0 amide bonds. The third kappa shape index (κ3) is 4.14. The average Bonchev–Trinajstić information content (AvgIpc) is 3.87. The summed E-state index contributed by atoms with van der Waals surface area (Å²) in [6, 6.07) is 55.5. The summed E-state index contributed by atoms with van der Waals surface area (Å²) in [6.07, 6.45) is 0. The molecule has 3 aromatic heterocycles. The molecule has 3 heterocycles. The highest BCUT2D eigenvalue weighted by Crippen LogP contribution is 2.44. The largest absolute Gasteiger partial charge is 0.456 e. The highest BCUT2D eigenvalue weighted by atomic mass is 32.1. The quantitative estimate of drug-likeness (QED) is 0.189. The highest BCUT2D eigenvalue weighted by molar-refractivity contribution is 7.26. The molecule has 0 N–H and O–H groups in total. The van der Waals surface area contributed by atoms with Crippen LogP contribution >= 0.6 is 11.3 Å². The molecule has 0 aliphatic heterocycles. The van der Waals surface area contributed by atoms with Crippen molar-refractivity contribution in [2.24, 2.45) is 0 Å². The van der Waals surface area contributed by atoms with E-state index in [1.807, 2.05) is 35.6 Å². The van der Waals surface area contributed by atoms with Crippen LogP contribution in [0.5, 0.6) is 0 Å². The van der Waals surface area contributed by atoms with Gasteiger partial charge < -0.3 is 13.7 Å². The maximum absolute atomic E-state index is 6.58. The fourth-order valence-corrected chi connectivity index (χ4v) is 8.73. The van der Waals surface area contributed by atoms with E-state index in [1.54, 1.807) is 0 Å². The lowest BCUT2D eigenvalue weighted by Gasteiger charge is -2.25. The molecule has 0 bridgehead atoms. The van der Waals surface area contributed by atoms with Gasteiger partial charge in [0.1, 0.15) is 16.7 Å². The van der Waals surface area contributed by atoms with E-state index >= 15 is 0 Å². The lowest BCUT2D eigenvalue weighted by atomic mass is 10.0. The van der Waals surface area contributed by atoms with E-state index in [4.69, 9.17) is 13.8 Å². The Balaban J connectivity index is 1.07. The summed E-state index contributed by atoms with van der Waals surface area (Å²) in [5.41, 5.74) is 7.31. The van der Waals surface area contributed by atoms with Crippen molar-refractivity contribution in [3.63, 3.8) is 0 Å². The second-order valence-electron chi connectivity index (χ2n) is 12.8. The Morgan fingerprint density at radius 2 is 1.22 bits per heavy atom. The van der Waals surface area contributed by atoms with Crippen LogP contribution in [0.1, 0.15) is 0 Å². The number of thiophene rings is 1. The van der Waals surface area contributed by atoms with Crippen molar-refractivity contribution in [1.82, 2.24) is 4.98 Å². The van der Waals surface area contributed by atoms with Gasteiger partial charge in [0.15, 0.2) is 5.58 Å². The number of furan rings is 1. The maximum Gasteiger partial charge on any atom is 0.228 e. The predicted octanol–water partition coefficient (Wildman–Crippen LogP) is 13.5. The molecule has 0 unspecified atom stereocenters. The van der Waals surface area contributed by atoms with Crippen LogP contribution in [-0.4, -0.2) is 4.98 Å². The molecule has 0 saturated carbocycles. The van der Waals surface area contributed by atoms with Crippen molar-refractivity contribution in [3.8, 4) is 11.5 Å². The third-order valence-corrected chi connectivity index (χ3v) is 11.1. The first-order valence-corrected chi connectivity index (χ1v) is 17.5. The second kappa shape index (κ2) is 10.5. The molecule has 0 radical (unpaired) electrons. The van der Waals surface area contributed by atoms with Crippen LogP contribution in [0.2, 0.25) is 0 Å². The van der Waals surface area contributed by atoms with Gasteiger partial charge in [0.25, 0.3) is 0 Å². The predicted molar refractivity (Wildman–Crippen MR) is 209 cm³/mol. The lowest BCUT2D eigenvalue weighted by molar-refractivity contribution is 0.620. The SMILES string of the molecule is c1ccc(N(c2ccc3c(c2)oc2cccc(-c4nc5cc6ccccc6cc5o4)c23)c2ccc3sc4c5ccccc5ccc4c3c2)cc1. The summed E-state index contributed by atoms with van der Waals surface area (Å²) >= 11 is 1.86. The van der Waals surface area contributed by atoms with E-state index in [-0.39, 0.29) is 0 Å². The third-order valence-electron chi connectivity index (χ3n) is 9.84. The Morgan fingerprint density at radius 1 is 0.460 bits per heavy atom. The van der Waals surface area contributed by atoms with Crippen LogP contribution in [0.4, 0.5) is 17.1 Å². The minimum Gasteiger partial charge on any atom is -0.456 e. The van der Waals surface area contributed by atoms with Gasteiger partial charge in [-0.2, -0.15) is 0 Å². The molecule has 0 saturated heterocycles. The zero-order valence-electron chi connectivity index (χ0n) is 26.6. The smallest absolute Gasteiger partial charge is 0.228 e. The molecule has 5 heteroatoms. The van der Waals surface area contributed by atoms with Crippen LogP contribution in [0, 0.1) is 0 Å². The number of benzene rings is 8. The van der Waals surface area contributed by atoms with Crippen LogP contribution in [0.3, 0.4) is 0 Å². The van der Waals surface area contributed by atoms with Gasteiger partial charge in [-0.05, 0) is 88.3 Å². The number of aromatic nitrogens is 1. The minimum atomic E-state index is 0.586. The number of anilines is 3. The van der Waals surface area contributed by atoms with Crippen LogP contribution in [-0.2, 0) is 0 Å². The molecular formula is C45H26N2O2S. The van der Waals surface area contributed by atoms with Gasteiger partial charge in [0.2, 0.25) is 5.89 Å². The fraction of sp³-hybridized carbons (Fsp3) is 0. The minimum absolute atomic E-state index is 0.586. The van der Waals surface area contributed by atoms with Crippen LogP contribution in [0.25, 0.3) is 86.2 Å². The zero-order valence-corrected chi connectivity index (χ0v) is 27.4. The molecule has 0 aliphatic carbocycles. The molecule has 11 rings (SSSR count). The Kier molecular flexibility index (Phi) is 5.80. The Hall–Kier alpha value is -6.43. The number of rotatable bonds is 4. The molecular weight excluding hydrogens is 633 g/mol. The first kappa shape index (κ1) is 27.5. The number of para-hydroxylation sites is 1. The zero-order chi connectivity index (χ0) is 32.8. The fourth-order valence-electron chi connectivity index (χ4n) is 7.52. The van der Waals surface area contributed by atoms with E-state index in [0.717, 1.165) is 66.4 Å². The van der Waals surface area contributed by atoms with Crippen LogP contribution < -0.4 is 4.90 Å². The van der Waals surface area contributed by atoms with Gasteiger partial charge in [-0.25, -0.2) is 4.98 Å². The van der Waals surface area contributed by atoms with Gasteiger partial charge in [-0.3, -0.25) is 0 Å². The Bertz CT molecular complexity index is 3060. The van der Waals surface area contributed by atoms with E-state index < -0.39 is 0 Å². The number of oxazole rings is 1. The molecule has 8 aromatic carbocycles. The molecule has 234 valence electrons. The molecule has 0 spiro atoms. The molecule has 4 nitrogen and oxygen atoms in total. The van der Waals surface area contributed by atoms with Gasteiger partial charge >= 0.3 is 0 Å². The number of nitrogens with zero attached hydrogens (tertiary/aromatic N) is 2. The van der Waals surface area contributed by atoms with Crippen molar-refractivity contribution in [1.29, 1.82) is 0 Å². The van der Waals surface area contributed by atoms with E-state index in [9.17, 15) is 0 Å². The average molecular weight is 659 g/mol. The molecule has 0 aliphatic rings. The summed E-state index contributed by atoms with van der Waals surface area (Å²) in [5, 5.41) is 9.40. The van der Waals surface area contributed by atoms with Crippen LogP contribution in [0.15, 0.2) is 167 Å². The lowest BCUT2D eigenvalue weighted by Crippen LogP contribution is -2.09. The van der Waals surface area contributed by atoms with Gasteiger partial charge in [0.05, 0.1) is 0 Å². The van der Waals surface area contributed by atoms with Crippen molar-refractivity contribution in [2.45, 2.75) is 0 Å². The van der Waals surface area contributed by atoms with Crippen molar-refractivity contribution in [2.75, 3.05) is 4.90 Å². The first-order chi connectivity index (χ1) is 24.7. The highest BCUT2D eigenvalue weighted by Gasteiger charge is 2.20. The number of hydrogen-bond donors (Lipinski definition) is 0. The van der Waals surface area contributed by atoms with E-state index in [0.29, 0.717) is 5.89 Å². The molecule has 0 atom stereocenters. The normalized spacial score (nSPS) is 12.0. The summed E-state index contributed by atoms with van der Waals surface area (Å²) in [6.45, 7) is 0. The topological polar surface area (TPSA) is 42.4 Å². The molecule has 11 aromatic rings. The first-order valence-electron chi connectivity index (χ1n) is 16.7. The van der Waals surface area contributed by atoms with Crippen molar-refractivity contribution < 1.29 is 8.83 Å². The number of fused-ring (bicyclic) bond motifs is 10. The van der Waals surface area contributed by atoms with Gasteiger partial charge in [-0.1, -0.05) is 84.9 Å². The second-order valence-corrected chi connectivity index (χ2v) is 13.8. The number of hydrogen-bond acceptors (Lipinski definition) is 5. The van der Waals surface area contributed by atoms with E-state index in [1.165, 1.54) is 30.9 Å². The van der Waals surface area contributed by atoms with Crippen molar-refractivity contribution >= 4 is 103 Å². The standard InChI is InChI=1S/C45H26N2O2S/c1-2-12-30(13-3-1)47(31-19-22-42-37(25-31)34-20-17-27-9-6-7-14-33(27)44(34)50-42)32-18-21-35-40(26-32)48-39-16-8-15-36(43(35)39)45-46-38-23-28-10-4-5-11-29(28)24-41(38)49-45/h1-26H. The summed E-state index contributed by atoms with van der Waals surface area (Å²) < 4.78 is 15.6. The van der Waals surface area contributed by atoms with Crippen molar-refractivity contribution in [3.05, 3.63) is 158 Å².